The van der Waals surface area contributed by atoms with E-state index in [2.05, 4.69) is 5.32 Å². The molecule has 1 amide bonds. The zero-order chi connectivity index (χ0) is 30.3. The number of carbonyl (C=O) groups is 2. The predicted molar refractivity (Wildman–Crippen MR) is 133 cm³/mol. The Morgan fingerprint density at radius 2 is 1.46 bits per heavy atom. The molecule has 3 rings (SSSR count). The molecule has 12 atom stereocenters. The fourth-order valence-corrected chi connectivity index (χ4v) is 4.32. The first kappa shape index (κ1) is 33.0. The summed E-state index contributed by atoms with van der Waals surface area (Å²) in [6, 6.07) is 7.27. The van der Waals surface area contributed by atoms with Crippen LogP contribution in [0.3, 0.4) is 0 Å². The third kappa shape index (κ3) is 8.08. The summed E-state index contributed by atoms with van der Waals surface area (Å²) in [6.45, 7) is -0.269. The summed E-state index contributed by atoms with van der Waals surface area (Å²) in [4.78, 5) is 25.0. The number of hydrogen-bond donors (Lipinski definition) is 8. The minimum absolute atomic E-state index is 0.0984. The molecule has 0 bridgehead atoms. The normalized spacial score (nSPS) is 35.2. The molecular weight excluding hydrogens is 554 g/mol. The van der Waals surface area contributed by atoms with E-state index in [4.69, 9.17) is 28.4 Å². The van der Waals surface area contributed by atoms with Crippen molar-refractivity contribution in [3.8, 4) is 0 Å². The van der Waals surface area contributed by atoms with E-state index in [-0.39, 0.29) is 6.61 Å². The zero-order valence-electron chi connectivity index (χ0n) is 22.3. The second-order valence-corrected chi connectivity index (χ2v) is 9.55. The van der Waals surface area contributed by atoms with Crippen molar-refractivity contribution in [2.24, 2.45) is 0 Å². The summed E-state index contributed by atoms with van der Waals surface area (Å²) >= 11 is 0. The summed E-state index contributed by atoms with van der Waals surface area (Å²) in [6.07, 6.45) is -19.0. The number of alkyl carbamates (subject to hydrolysis) is 1. The molecule has 2 heterocycles. The van der Waals surface area contributed by atoms with Crippen molar-refractivity contribution in [3.05, 3.63) is 35.9 Å². The summed E-state index contributed by atoms with van der Waals surface area (Å²) in [5.74, 6) is -0.935. The Hall–Kier alpha value is -2.48. The highest BCUT2D eigenvalue weighted by atomic mass is 16.8. The van der Waals surface area contributed by atoms with Crippen LogP contribution < -0.4 is 5.32 Å². The van der Waals surface area contributed by atoms with Crippen LogP contribution in [0.4, 0.5) is 4.79 Å². The molecule has 1 aromatic rings. The maximum absolute atomic E-state index is 12.5. The molecule has 0 unspecified atom stereocenters. The Kier molecular flexibility index (Phi) is 12.2. The van der Waals surface area contributed by atoms with E-state index in [0.717, 1.165) is 7.11 Å². The number of esters is 1. The first-order valence-electron chi connectivity index (χ1n) is 12.8. The fraction of sp³-hybridized carbons (Fsp3) is 0.680. The van der Waals surface area contributed by atoms with Gasteiger partial charge >= 0.3 is 12.1 Å². The number of aliphatic hydroxyl groups excluding tert-OH is 7. The zero-order valence-corrected chi connectivity index (χ0v) is 22.3. The van der Waals surface area contributed by atoms with E-state index in [1.165, 1.54) is 6.92 Å². The van der Waals surface area contributed by atoms with E-state index < -0.39 is 98.8 Å². The van der Waals surface area contributed by atoms with Gasteiger partial charge < -0.3 is 69.5 Å². The molecule has 2 aliphatic heterocycles. The molecular formula is C25H37NO15. The number of rotatable bonds is 11. The smallest absolute Gasteiger partial charge is 0.408 e. The van der Waals surface area contributed by atoms with Gasteiger partial charge in [0, 0.05) is 0 Å². The van der Waals surface area contributed by atoms with Gasteiger partial charge in [-0.25, -0.2) is 9.59 Å². The number of amides is 1. The number of ether oxygens (including phenoxy) is 6. The average Bonchev–Trinajstić information content (AvgIpc) is 2.98. The molecule has 16 nitrogen and oxygen atoms in total. The second kappa shape index (κ2) is 15.1. The van der Waals surface area contributed by atoms with Crippen LogP contribution in [0.15, 0.2) is 30.3 Å². The Morgan fingerprint density at radius 1 is 0.878 bits per heavy atom. The molecule has 0 aromatic heterocycles. The summed E-state index contributed by atoms with van der Waals surface area (Å²) in [7, 11) is 1.07. The molecule has 0 aliphatic carbocycles. The molecule has 16 heteroatoms. The minimum atomic E-state index is -1.87. The van der Waals surface area contributed by atoms with Crippen molar-refractivity contribution < 1.29 is 73.8 Å². The third-order valence-corrected chi connectivity index (χ3v) is 6.72. The molecule has 1 aromatic carbocycles. The van der Waals surface area contributed by atoms with Gasteiger partial charge in [0.1, 0.15) is 55.4 Å². The largest absolute Gasteiger partial charge is 0.467 e. The highest BCUT2D eigenvalue weighted by Gasteiger charge is 2.51. The number of nitrogens with one attached hydrogen (secondary N) is 1. The van der Waals surface area contributed by atoms with E-state index in [0.29, 0.717) is 5.56 Å². The number of aliphatic hydroxyl groups is 7. The van der Waals surface area contributed by atoms with Crippen molar-refractivity contribution in [2.75, 3.05) is 20.3 Å². The molecule has 2 saturated heterocycles. The SMILES string of the molecule is COC(=O)[C@@H](NC(=O)OCc1ccccc1)[C@@H](C)O[C@H]1O[C@H](CO)[C@@H](O)[C@H](O)[C@@H]1O[C@H]1O[C@H](CO)[C@@H](O)[C@H](O)[C@@H]1O. The van der Waals surface area contributed by atoms with E-state index in [1.54, 1.807) is 30.3 Å². The molecule has 0 spiro atoms. The van der Waals surface area contributed by atoms with Crippen LogP contribution in [-0.4, -0.2) is 142 Å². The average molecular weight is 592 g/mol. The molecule has 8 N–H and O–H groups in total. The van der Waals surface area contributed by atoms with Gasteiger partial charge in [-0.05, 0) is 12.5 Å². The lowest BCUT2D eigenvalue weighted by molar-refractivity contribution is -0.371. The maximum atomic E-state index is 12.5. The molecule has 41 heavy (non-hydrogen) atoms. The van der Waals surface area contributed by atoms with Gasteiger partial charge in [0.2, 0.25) is 0 Å². The monoisotopic (exact) mass is 591 g/mol. The Bertz CT molecular complexity index is 968. The van der Waals surface area contributed by atoms with Crippen LogP contribution in [0.1, 0.15) is 12.5 Å². The third-order valence-electron chi connectivity index (χ3n) is 6.72. The quantitative estimate of drug-likeness (QED) is 0.116. The van der Waals surface area contributed by atoms with Gasteiger partial charge in [-0.1, -0.05) is 30.3 Å². The van der Waals surface area contributed by atoms with Gasteiger partial charge in [0.25, 0.3) is 0 Å². The lowest BCUT2D eigenvalue weighted by Gasteiger charge is -2.46. The number of benzene rings is 1. The van der Waals surface area contributed by atoms with Crippen molar-refractivity contribution in [1.82, 2.24) is 5.32 Å². The molecule has 232 valence electrons. The Balaban J connectivity index is 1.75. The van der Waals surface area contributed by atoms with Gasteiger partial charge in [0.05, 0.1) is 26.4 Å². The van der Waals surface area contributed by atoms with Crippen molar-refractivity contribution >= 4 is 12.1 Å². The van der Waals surface area contributed by atoms with Gasteiger partial charge in [0.15, 0.2) is 18.6 Å². The summed E-state index contributed by atoms with van der Waals surface area (Å²) < 4.78 is 32.1. The highest BCUT2D eigenvalue weighted by Crippen LogP contribution is 2.30. The highest BCUT2D eigenvalue weighted by molar-refractivity contribution is 5.81. The van der Waals surface area contributed by atoms with Crippen LogP contribution >= 0.6 is 0 Å². The molecule has 0 radical (unpaired) electrons. The standard InChI is InChI=1S/C25H37NO15/c1-11(15(22(34)36-2)26-25(35)37-10-12-6-4-3-5-7-12)38-24-21(19(32)17(30)14(9-28)40-24)41-23-20(33)18(31)16(29)13(8-27)39-23/h3-7,11,13-21,23-24,27-33H,8-10H2,1-2H3,(H,26,35)/t11-,13-,14-,15+,16-,17-,18+,19+,20+,21+,23-,24+/m1/s1. The molecule has 2 aliphatic rings. The molecule has 0 saturated carbocycles. The second-order valence-electron chi connectivity index (χ2n) is 9.55. The Labute approximate surface area is 234 Å². The van der Waals surface area contributed by atoms with Crippen LogP contribution in [0.2, 0.25) is 0 Å². The van der Waals surface area contributed by atoms with Gasteiger partial charge in [-0.15, -0.1) is 0 Å². The van der Waals surface area contributed by atoms with Crippen LogP contribution in [0.25, 0.3) is 0 Å². The molecule has 2 fully saturated rings. The van der Waals surface area contributed by atoms with Crippen molar-refractivity contribution in [2.45, 2.75) is 87.1 Å². The van der Waals surface area contributed by atoms with Crippen LogP contribution in [0, 0.1) is 0 Å². The topological polar surface area (TPSA) is 243 Å². The van der Waals surface area contributed by atoms with Crippen LogP contribution in [-0.2, 0) is 39.8 Å². The first-order valence-corrected chi connectivity index (χ1v) is 12.8. The first-order chi connectivity index (χ1) is 19.5. The van der Waals surface area contributed by atoms with Crippen molar-refractivity contribution in [1.29, 1.82) is 0 Å². The summed E-state index contributed by atoms with van der Waals surface area (Å²) in [5, 5.41) is 73.0. The Morgan fingerprint density at radius 3 is 2.05 bits per heavy atom. The maximum Gasteiger partial charge on any atom is 0.408 e. The lowest BCUT2D eigenvalue weighted by atomic mass is 9.97. The fourth-order valence-electron chi connectivity index (χ4n) is 4.32. The number of hydrogen-bond acceptors (Lipinski definition) is 15. The number of methoxy groups -OCH3 is 1. The minimum Gasteiger partial charge on any atom is -0.467 e. The van der Waals surface area contributed by atoms with E-state index in [9.17, 15) is 45.3 Å². The number of carbonyl (C=O) groups excluding carboxylic acids is 2. The predicted octanol–water partition coefficient (Wildman–Crippen LogP) is -3.52. The lowest BCUT2D eigenvalue weighted by Crippen LogP contribution is -2.65. The van der Waals surface area contributed by atoms with E-state index in [1.807, 2.05) is 0 Å². The van der Waals surface area contributed by atoms with Crippen LogP contribution in [0.5, 0.6) is 0 Å². The van der Waals surface area contributed by atoms with E-state index >= 15 is 0 Å². The van der Waals surface area contributed by atoms with Gasteiger partial charge in [-0.3, -0.25) is 0 Å². The van der Waals surface area contributed by atoms with Gasteiger partial charge in [-0.2, -0.15) is 0 Å². The summed E-state index contributed by atoms with van der Waals surface area (Å²) in [5.41, 5.74) is 0.688. The van der Waals surface area contributed by atoms with Crippen molar-refractivity contribution in [3.63, 3.8) is 0 Å².